The monoisotopic (exact) mass is 315 g/mol. The van der Waals surface area contributed by atoms with Gasteiger partial charge >= 0.3 is 5.97 Å². The summed E-state index contributed by atoms with van der Waals surface area (Å²) in [6, 6.07) is -0.533. The number of carbonyl (C=O) groups is 2. The highest BCUT2D eigenvalue weighted by atomic mass is 32.1. The zero-order chi connectivity index (χ0) is 16.1. The molecule has 1 atom stereocenters. The van der Waals surface area contributed by atoms with Crippen LogP contribution < -0.4 is 11.1 Å². The summed E-state index contributed by atoms with van der Waals surface area (Å²) in [5.74, 6) is -0.413. The van der Waals surface area contributed by atoms with E-state index in [2.05, 4.69) is 27.3 Å². The standard InChI is InChI=1S/C8H16N2O3.C6H9NS/c1-13-8(12)7(10-6-11)4-2-3-5-9;1-3-6-4-8-5(2)7-6/h6-7H,2-5,9H2,1H3,(H,10,11);4H,3H2,1-2H3. The van der Waals surface area contributed by atoms with Crippen molar-refractivity contribution >= 4 is 23.7 Å². The Balaban J connectivity index is 0.000000423. The molecule has 0 aliphatic rings. The van der Waals surface area contributed by atoms with Gasteiger partial charge in [-0.15, -0.1) is 11.3 Å². The van der Waals surface area contributed by atoms with E-state index in [1.54, 1.807) is 11.3 Å². The van der Waals surface area contributed by atoms with Crippen molar-refractivity contribution in [2.75, 3.05) is 13.7 Å². The van der Waals surface area contributed by atoms with Crippen LogP contribution in [-0.4, -0.2) is 37.1 Å². The van der Waals surface area contributed by atoms with Crippen LogP contribution in [-0.2, 0) is 20.7 Å². The molecule has 0 radical (unpaired) electrons. The van der Waals surface area contributed by atoms with Crippen LogP contribution in [0.1, 0.15) is 36.9 Å². The van der Waals surface area contributed by atoms with Gasteiger partial charge in [-0.2, -0.15) is 0 Å². The van der Waals surface area contributed by atoms with E-state index in [0.29, 0.717) is 19.4 Å². The van der Waals surface area contributed by atoms with E-state index in [9.17, 15) is 9.59 Å². The molecule has 0 bridgehead atoms. The molecule has 1 unspecified atom stereocenters. The van der Waals surface area contributed by atoms with Crippen LogP contribution >= 0.6 is 11.3 Å². The predicted molar refractivity (Wildman–Crippen MR) is 84.1 cm³/mol. The molecule has 0 aliphatic carbocycles. The van der Waals surface area contributed by atoms with Crippen LogP contribution in [0.3, 0.4) is 0 Å². The molecule has 7 heteroatoms. The second-order valence-corrected chi connectivity index (χ2v) is 5.42. The molecule has 1 aromatic heterocycles. The zero-order valence-electron chi connectivity index (χ0n) is 12.9. The highest BCUT2D eigenvalue weighted by Crippen LogP contribution is 2.07. The average molecular weight is 315 g/mol. The summed E-state index contributed by atoms with van der Waals surface area (Å²) in [6.07, 6.45) is 3.78. The molecule has 120 valence electrons. The first-order chi connectivity index (χ1) is 10.1. The van der Waals surface area contributed by atoms with Gasteiger partial charge in [0.05, 0.1) is 17.8 Å². The van der Waals surface area contributed by atoms with Gasteiger partial charge in [0.15, 0.2) is 0 Å². The lowest BCUT2D eigenvalue weighted by atomic mass is 10.1. The van der Waals surface area contributed by atoms with Crippen molar-refractivity contribution in [1.82, 2.24) is 10.3 Å². The van der Waals surface area contributed by atoms with Crippen molar-refractivity contribution in [1.29, 1.82) is 0 Å². The third kappa shape index (κ3) is 9.14. The van der Waals surface area contributed by atoms with E-state index < -0.39 is 12.0 Å². The number of nitrogens with one attached hydrogen (secondary N) is 1. The number of hydrogen-bond acceptors (Lipinski definition) is 6. The third-order valence-corrected chi connectivity index (χ3v) is 3.55. The minimum atomic E-state index is -0.533. The van der Waals surface area contributed by atoms with Crippen LogP contribution in [0.4, 0.5) is 0 Å². The highest BCUT2D eigenvalue weighted by Gasteiger charge is 2.16. The minimum absolute atomic E-state index is 0.413. The Labute approximate surface area is 130 Å². The maximum atomic E-state index is 11.0. The molecule has 0 saturated carbocycles. The van der Waals surface area contributed by atoms with Gasteiger partial charge < -0.3 is 15.8 Å². The number of esters is 1. The summed E-state index contributed by atoms with van der Waals surface area (Å²) in [5, 5.41) is 5.67. The lowest BCUT2D eigenvalue weighted by Gasteiger charge is -2.12. The third-order valence-electron chi connectivity index (χ3n) is 2.73. The Bertz CT molecular complexity index is 410. The number of nitrogens with two attached hydrogens (primary N) is 1. The largest absolute Gasteiger partial charge is 0.467 e. The molecule has 1 rings (SSSR count). The molecule has 0 fully saturated rings. The summed E-state index contributed by atoms with van der Waals surface area (Å²) in [7, 11) is 1.30. The maximum absolute atomic E-state index is 11.0. The van der Waals surface area contributed by atoms with Crippen molar-refractivity contribution in [3.8, 4) is 0 Å². The molecule has 1 amide bonds. The summed E-state index contributed by atoms with van der Waals surface area (Å²) in [5.41, 5.74) is 6.51. The number of carbonyl (C=O) groups excluding carboxylic acids is 2. The van der Waals surface area contributed by atoms with Crippen LogP contribution in [0.15, 0.2) is 5.38 Å². The van der Waals surface area contributed by atoms with Gasteiger partial charge in [0.2, 0.25) is 6.41 Å². The molecular weight excluding hydrogens is 290 g/mol. The first-order valence-electron chi connectivity index (χ1n) is 6.97. The average Bonchev–Trinajstić information content (AvgIpc) is 2.92. The number of nitrogens with zero attached hydrogens (tertiary/aromatic N) is 1. The first kappa shape index (κ1) is 19.5. The van der Waals surface area contributed by atoms with Gasteiger partial charge in [0.1, 0.15) is 6.04 Å². The van der Waals surface area contributed by atoms with Gasteiger partial charge in [-0.1, -0.05) is 6.92 Å². The molecule has 0 aromatic carbocycles. The number of amides is 1. The molecule has 0 aliphatic heterocycles. The van der Waals surface area contributed by atoms with Crippen molar-refractivity contribution in [3.05, 3.63) is 16.1 Å². The van der Waals surface area contributed by atoms with Gasteiger partial charge in [-0.05, 0) is 39.2 Å². The second-order valence-electron chi connectivity index (χ2n) is 4.36. The van der Waals surface area contributed by atoms with Crippen LogP contribution in [0.2, 0.25) is 0 Å². The van der Waals surface area contributed by atoms with Crippen LogP contribution in [0, 0.1) is 6.92 Å². The topological polar surface area (TPSA) is 94.3 Å². The number of ether oxygens (including phenoxy) is 1. The molecule has 1 aromatic rings. The quantitative estimate of drug-likeness (QED) is 0.430. The van der Waals surface area contributed by atoms with E-state index in [0.717, 1.165) is 19.3 Å². The molecule has 3 N–H and O–H groups in total. The Morgan fingerprint density at radius 1 is 1.57 bits per heavy atom. The normalized spacial score (nSPS) is 11.0. The van der Waals surface area contributed by atoms with Gasteiger partial charge in [-0.3, -0.25) is 4.79 Å². The van der Waals surface area contributed by atoms with E-state index in [4.69, 9.17) is 5.73 Å². The van der Waals surface area contributed by atoms with Gasteiger partial charge in [0, 0.05) is 5.38 Å². The molecule has 0 saturated heterocycles. The summed E-state index contributed by atoms with van der Waals surface area (Å²) >= 11 is 1.72. The summed E-state index contributed by atoms with van der Waals surface area (Å²) < 4.78 is 4.50. The van der Waals surface area contributed by atoms with Gasteiger partial charge in [-0.25, -0.2) is 9.78 Å². The first-order valence-corrected chi connectivity index (χ1v) is 7.85. The van der Waals surface area contributed by atoms with E-state index in [1.165, 1.54) is 17.8 Å². The highest BCUT2D eigenvalue weighted by molar-refractivity contribution is 7.09. The number of aryl methyl sites for hydroxylation is 2. The van der Waals surface area contributed by atoms with Crippen molar-refractivity contribution in [3.63, 3.8) is 0 Å². The molecule has 0 spiro atoms. The smallest absolute Gasteiger partial charge is 0.328 e. The van der Waals surface area contributed by atoms with Crippen molar-refractivity contribution < 1.29 is 14.3 Å². The van der Waals surface area contributed by atoms with E-state index >= 15 is 0 Å². The SMILES string of the molecule is CCc1csc(C)n1.COC(=O)C(CCCCN)NC=O. The summed E-state index contributed by atoms with van der Waals surface area (Å²) in [6.45, 7) is 4.74. The maximum Gasteiger partial charge on any atom is 0.328 e. The van der Waals surface area contributed by atoms with E-state index in [1.807, 2.05) is 6.92 Å². The minimum Gasteiger partial charge on any atom is -0.467 e. The fourth-order valence-electron chi connectivity index (χ4n) is 1.56. The Hall–Kier alpha value is -1.47. The number of aromatic nitrogens is 1. The summed E-state index contributed by atoms with van der Waals surface area (Å²) in [4.78, 5) is 25.4. The lowest BCUT2D eigenvalue weighted by molar-refractivity contribution is -0.144. The Kier molecular flexibility index (Phi) is 11.4. The number of thiazole rings is 1. The zero-order valence-corrected chi connectivity index (χ0v) is 13.7. The Morgan fingerprint density at radius 2 is 2.29 bits per heavy atom. The fraction of sp³-hybridized carbons (Fsp3) is 0.643. The fourth-order valence-corrected chi connectivity index (χ4v) is 2.25. The lowest BCUT2D eigenvalue weighted by Crippen LogP contribution is -2.36. The number of rotatable bonds is 8. The van der Waals surface area contributed by atoms with Crippen LogP contribution in [0.5, 0.6) is 0 Å². The Morgan fingerprint density at radius 3 is 2.67 bits per heavy atom. The van der Waals surface area contributed by atoms with Crippen molar-refractivity contribution in [2.24, 2.45) is 5.73 Å². The molecule has 6 nitrogen and oxygen atoms in total. The number of hydrogen-bond donors (Lipinski definition) is 2. The van der Waals surface area contributed by atoms with Crippen LogP contribution in [0.25, 0.3) is 0 Å². The number of unbranched alkanes of at least 4 members (excludes halogenated alkanes) is 1. The predicted octanol–water partition coefficient (Wildman–Crippen LogP) is 1.42. The second kappa shape index (κ2) is 12.3. The number of methoxy groups -OCH3 is 1. The van der Waals surface area contributed by atoms with Crippen molar-refractivity contribution in [2.45, 2.75) is 45.6 Å². The molecule has 1 heterocycles. The molecule has 21 heavy (non-hydrogen) atoms. The molecular formula is C14H25N3O3S. The van der Waals surface area contributed by atoms with Gasteiger partial charge in [0.25, 0.3) is 0 Å². The van der Waals surface area contributed by atoms with E-state index in [-0.39, 0.29) is 0 Å².